The van der Waals surface area contributed by atoms with Crippen LogP contribution in [0.4, 0.5) is 0 Å². The van der Waals surface area contributed by atoms with Crippen molar-refractivity contribution in [3.8, 4) is 0 Å². The number of hydrogen-bond acceptors (Lipinski definition) is 8. The molecule has 2 aliphatic rings. The lowest BCUT2D eigenvalue weighted by Gasteiger charge is -2.06. The second-order valence-corrected chi connectivity index (χ2v) is 7.07. The predicted molar refractivity (Wildman–Crippen MR) is 91.6 cm³/mol. The van der Waals surface area contributed by atoms with Crippen molar-refractivity contribution in [1.82, 2.24) is 0 Å². The summed E-state index contributed by atoms with van der Waals surface area (Å²) in [5, 5.41) is 0. The van der Waals surface area contributed by atoms with E-state index in [0.717, 1.165) is 12.8 Å². The molecule has 0 aromatic carbocycles. The summed E-state index contributed by atoms with van der Waals surface area (Å²) in [6, 6.07) is 0. The van der Waals surface area contributed by atoms with E-state index in [2.05, 4.69) is 24.6 Å². The van der Waals surface area contributed by atoms with Gasteiger partial charge in [0.25, 0.3) is 0 Å². The Kier molecular flexibility index (Phi) is 9.29. The molecule has 2 rings (SSSR count). The van der Waals surface area contributed by atoms with Gasteiger partial charge < -0.3 is 30.0 Å². The van der Waals surface area contributed by atoms with E-state index in [9.17, 15) is 9.59 Å². The molecular formula is C16H28N2O8S. The molecule has 0 bridgehead atoms. The minimum Gasteiger partial charge on any atom is -0.759 e. The predicted octanol–water partition coefficient (Wildman–Crippen LogP) is -1.87. The molecule has 2 fully saturated rings. The highest BCUT2D eigenvalue weighted by molar-refractivity contribution is 7.79. The fourth-order valence-corrected chi connectivity index (χ4v) is 2.30. The van der Waals surface area contributed by atoms with Gasteiger partial charge in [0.1, 0.15) is 0 Å². The molecule has 0 radical (unpaired) electrons. The average Bonchev–Trinajstić information content (AvgIpc) is 3.43. The van der Waals surface area contributed by atoms with Crippen LogP contribution in [0.1, 0.15) is 26.7 Å². The van der Waals surface area contributed by atoms with Gasteiger partial charge in [-0.2, -0.15) is 0 Å². The van der Waals surface area contributed by atoms with E-state index in [-0.39, 0.29) is 23.8 Å². The highest BCUT2D eigenvalue weighted by Crippen LogP contribution is 2.41. The van der Waals surface area contributed by atoms with Crippen LogP contribution in [0.15, 0.2) is 25.3 Å². The Hall–Kier alpha value is -1.79. The van der Waals surface area contributed by atoms with E-state index in [1.54, 1.807) is 26.0 Å². The van der Waals surface area contributed by atoms with Crippen molar-refractivity contribution in [2.45, 2.75) is 37.8 Å². The molecule has 0 spiro atoms. The van der Waals surface area contributed by atoms with E-state index < -0.39 is 21.5 Å². The van der Waals surface area contributed by atoms with Crippen LogP contribution in [0.5, 0.6) is 0 Å². The first-order chi connectivity index (χ1) is 12.3. The molecule has 0 saturated heterocycles. The molecule has 27 heavy (non-hydrogen) atoms. The Bertz CT molecular complexity index is 615. The highest BCUT2D eigenvalue weighted by atomic mass is 32.3. The molecule has 6 N–H and O–H groups in total. The van der Waals surface area contributed by atoms with Crippen LogP contribution in [0.25, 0.3) is 0 Å². The smallest absolute Gasteiger partial charge is 0.368 e. The fourth-order valence-electron chi connectivity index (χ4n) is 2.30. The first-order valence-electron chi connectivity index (χ1n) is 8.27. The topological polar surface area (TPSA) is 188 Å². The van der Waals surface area contributed by atoms with Gasteiger partial charge in [0.15, 0.2) is 11.1 Å². The van der Waals surface area contributed by atoms with E-state index in [0.29, 0.717) is 13.2 Å². The lowest BCUT2D eigenvalue weighted by Crippen LogP contribution is -2.69. The normalized spacial score (nSPS) is 30.3. The third-order valence-corrected chi connectivity index (χ3v) is 4.20. The first kappa shape index (κ1) is 25.2. The maximum absolute atomic E-state index is 11.2. The number of hydrogen-bond donors (Lipinski definition) is 2. The van der Waals surface area contributed by atoms with E-state index in [1.165, 1.54) is 0 Å². The van der Waals surface area contributed by atoms with Crippen molar-refractivity contribution in [1.29, 1.82) is 0 Å². The Balaban J connectivity index is 0.000000405. The number of quaternary nitrogens is 2. The molecule has 0 aliphatic heterocycles. The van der Waals surface area contributed by atoms with Gasteiger partial charge in [-0.3, -0.25) is 8.42 Å². The van der Waals surface area contributed by atoms with Crippen LogP contribution < -0.4 is 11.5 Å². The molecule has 0 unspecified atom stereocenters. The molecule has 0 aromatic heterocycles. The van der Waals surface area contributed by atoms with Crippen molar-refractivity contribution in [3.05, 3.63) is 25.3 Å². The third-order valence-electron chi connectivity index (χ3n) is 4.20. The molecule has 156 valence electrons. The molecular weight excluding hydrogens is 380 g/mol. The highest BCUT2D eigenvalue weighted by Gasteiger charge is 2.62. The van der Waals surface area contributed by atoms with Crippen LogP contribution in [0.2, 0.25) is 0 Å². The quantitative estimate of drug-likeness (QED) is 0.221. The molecule has 10 nitrogen and oxygen atoms in total. The first-order valence-corrected chi connectivity index (χ1v) is 9.60. The van der Waals surface area contributed by atoms with E-state index >= 15 is 0 Å². The van der Waals surface area contributed by atoms with Crippen molar-refractivity contribution in [3.63, 3.8) is 0 Å². The van der Waals surface area contributed by atoms with E-state index in [1.807, 2.05) is 0 Å². The van der Waals surface area contributed by atoms with Gasteiger partial charge in [-0.15, -0.1) is 13.2 Å². The van der Waals surface area contributed by atoms with Gasteiger partial charge in [0.2, 0.25) is 0 Å². The monoisotopic (exact) mass is 408 g/mol. The number of ether oxygens (including phenoxy) is 2. The fraction of sp³-hybridized carbons (Fsp3) is 0.625. The Morgan fingerprint density at radius 3 is 1.41 bits per heavy atom. The SMILES string of the molecule is C=C[C@@H]1C[C@]1([NH3+])C(=O)OCC.C=C[C@@H]1C[C@]1([NH3+])C(=O)OCC.O=S(=O)([O-])[O-]. The van der Waals surface area contributed by atoms with Gasteiger partial charge in [-0.1, -0.05) is 12.2 Å². The third kappa shape index (κ3) is 8.18. The second-order valence-electron chi connectivity index (χ2n) is 6.25. The van der Waals surface area contributed by atoms with Gasteiger partial charge in [0, 0.05) is 35.1 Å². The molecule has 2 aliphatic carbocycles. The maximum atomic E-state index is 11.2. The minimum atomic E-state index is -5.17. The Labute approximate surface area is 159 Å². The summed E-state index contributed by atoms with van der Waals surface area (Å²) in [6.45, 7) is 11.7. The van der Waals surface area contributed by atoms with Crippen molar-refractivity contribution < 1.29 is 48.1 Å². The van der Waals surface area contributed by atoms with Crippen molar-refractivity contribution >= 4 is 22.3 Å². The standard InChI is InChI=1S/2C8H13NO2.H2O4S/c2*1-3-6-5-8(6,9)7(10)11-4-2;1-5(2,3)4/h2*3,6H,1,4-5,9H2,2H3;(H2,1,2,3,4)/t2*6-,8-;/m11./s1. The summed E-state index contributed by atoms with van der Waals surface area (Å²) >= 11 is 0. The summed E-state index contributed by atoms with van der Waals surface area (Å²) in [4.78, 5) is 22.3. The lowest BCUT2D eigenvalue weighted by atomic mass is 10.2. The molecule has 0 heterocycles. The van der Waals surface area contributed by atoms with Crippen LogP contribution >= 0.6 is 0 Å². The van der Waals surface area contributed by atoms with Crippen molar-refractivity contribution in [2.24, 2.45) is 11.8 Å². The summed E-state index contributed by atoms with van der Waals surface area (Å²) in [6.07, 6.45) is 5.11. The number of carbonyl (C=O) groups is 2. The maximum Gasteiger partial charge on any atom is 0.368 e. The van der Waals surface area contributed by atoms with Crippen LogP contribution in [0.3, 0.4) is 0 Å². The molecule has 4 atom stereocenters. The number of esters is 2. The average molecular weight is 408 g/mol. The van der Waals surface area contributed by atoms with Crippen LogP contribution in [0, 0.1) is 11.8 Å². The van der Waals surface area contributed by atoms with E-state index in [4.69, 9.17) is 27.0 Å². The zero-order valence-corrected chi connectivity index (χ0v) is 16.5. The van der Waals surface area contributed by atoms with Crippen LogP contribution in [-0.4, -0.2) is 53.8 Å². The number of rotatable bonds is 6. The molecule has 0 aromatic rings. The summed E-state index contributed by atoms with van der Waals surface area (Å²) in [7, 11) is -5.17. The Morgan fingerprint density at radius 1 is 1.00 bits per heavy atom. The van der Waals surface area contributed by atoms with Gasteiger partial charge in [-0.05, 0) is 13.8 Å². The summed E-state index contributed by atoms with van der Waals surface area (Å²) in [5.74, 6) is 0.0675. The molecule has 0 amide bonds. The zero-order chi connectivity index (χ0) is 21.5. The van der Waals surface area contributed by atoms with Gasteiger partial charge >= 0.3 is 11.9 Å². The summed E-state index contributed by atoms with van der Waals surface area (Å²) < 4.78 is 43.8. The number of carbonyl (C=O) groups excluding carboxylic acids is 2. The largest absolute Gasteiger partial charge is 0.759 e. The Morgan fingerprint density at radius 2 is 1.26 bits per heavy atom. The summed E-state index contributed by atoms with van der Waals surface area (Å²) in [5.41, 5.74) is 6.61. The van der Waals surface area contributed by atoms with Crippen LogP contribution in [-0.2, 0) is 29.5 Å². The second kappa shape index (κ2) is 9.95. The van der Waals surface area contributed by atoms with Crippen molar-refractivity contribution in [2.75, 3.05) is 13.2 Å². The zero-order valence-electron chi connectivity index (χ0n) is 15.6. The van der Waals surface area contributed by atoms with Gasteiger partial charge in [0.05, 0.1) is 13.2 Å². The molecule has 11 heteroatoms. The lowest BCUT2D eigenvalue weighted by molar-refractivity contribution is -0.429. The van der Waals surface area contributed by atoms with Gasteiger partial charge in [-0.25, -0.2) is 9.59 Å². The minimum absolute atomic E-state index is 0.190. The molecule has 2 saturated carbocycles.